The number of sulfonamides is 1. The molecule has 0 aliphatic heterocycles. The molecule has 0 spiro atoms. The Morgan fingerprint density at radius 1 is 1.26 bits per heavy atom. The van der Waals surface area contributed by atoms with Crippen LogP contribution in [0, 0.1) is 5.92 Å². The second kappa shape index (κ2) is 7.67. The van der Waals surface area contributed by atoms with Crippen LogP contribution in [0.3, 0.4) is 0 Å². The number of hydrogen-bond donors (Lipinski definition) is 2. The maximum atomic E-state index is 12.4. The molecule has 0 fully saturated rings. The molecule has 3 rings (SSSR count). The standard InChI is InChI=1S/C18H19N3O5S/c1-12(2)11-25-16-6-4-3-5-13(16)10-19-21-27(23,24)14-7-8-15-17(9-14)26-18(22)20-15/h3-10,12,21H,11H2,1-2H3,(H,20,22)/b19-10+. The number of oxazole rings is 1. The maximum Gasteiger partial charge on any atom is 0.417 e. The van der Waals surface area contributed by atoms with Crippen molar-refractivity contribution in [2.75, 3.05) is 6.61 Å². The lowest BCUT2D eigenvalue weighted by molar-refractivity contribution is 0.270. The van der Waals surface area contributed by atoms with Crippen LogP contribution < -0.4 is 15.3 Å². The van der Waals surface area contributed by atoms with Gasteiger partial charge in [-0.3, -0.25) is 4.98 Å². The third-order valence-corrected chi connectivity index (χ3v) is 4.79. The summed E-state index contributed by atoms with van der Waals surface area (Å²) in [7, 11) is -3.92. The van der Waals surface area contributed by atoms with Crippen LogP contribution in [0.4, 0.5) is 0 Å². The van der Waals surface area contributed by atoms with Gasteiger partial charge in [-0.05, 0) is 30.2 Å². The van der Waals surface area contributed by atoms with E-state index in [1.54, 1.807) is 18.2 Å². The summed E-state index contributed by atoms with van der Waals surface area (Å²) in [6.45, 7) is 4.61. The molecule has 1 aromatic heterocycles. The Morgan fingerprint density at radius 3 is 2.81 bits per heavy atom. The zero-order valence-electron chi connectivity index (χ0n) is 14.8. The molecule has 3 aromatic rings. The van der Waals surface area contributed by atoms with Crippen LogP contribution in [0.15, 0.2) is 61.7 Å². The van der Waals surface area contributed by atoms with Gasteiger partial charge in [-0.25, -0.2) is 9.63 Å². The van der Waals surface area contributed by atoms with E-state index in [2.05, 4.69) is 14.9 Å². The molecule has 0 saturated heterocycles. The SMILES string of the molecule is CC(C)COc1ccccc1/C=N/NS(=O)(=O)c1ccc2[nH]c(=O)oc2c1. The van der Waals surface area contributed by atoms with Gasteiger partial charge in [-0.1, -0.05) is 26.0 Å². The number of para-hydroxylation sites is 1. The highest BCUT2D eigenvalue weighted by Crippen LogP contribution is 2.18. The van der Waals surface area contributed by atoms with Gasteiger partial charge in [-0.15, -0.1) is 0 Å². The summed E-state index contributed by atoms with van der Waals surface area (Å²) < 4.78 is 35.4. The van der Waals surface area contributed by atoms with Gasteiger partial charge in [0.05, 0.1) is 23.2 Å². The Morgan fingerprint density at radius 2 is 2.04 bits per heavy atom. The molecule has 1 heterocycles. The minimum Gasteiger partial charge on any atom is -0.493 e. The fourth-order valence-corrected chi connectivity index (χ4v) is 3.09. The molecule has 0 aliphatic rings. The van der Waals surface area contributed by atoms with E-state index in [9.17, 15) is 13.2 Å². The minimum absolute atomic E-state index is 0.0701. The van der Waals surface area contributed by atoms with Gasteiger partial charge >= 0.3 is 5.76 Å². The Balaban J connectivity index is 1.77. The van der Waals surface area contributed by atoms with E-state index in [4.69, 9.17) is 9.15 Å². The van der Waals surface area contributed by atoms with Gasteiger partial charge in [-0.2, -0.15) is 13.5 Å². The van der Waals surface area contributed by atoms with Crippen LogP contribution >= 0.6 is 0 Å². The Bertz CT molecular complexity index is 1130. The van der Waals surface area contributed by atoms with Gasteiger partial charge in [0, 0.05) is 11.6 Å². The first kappa shape index (κ1) is 18.7. The highest BCUT2D eigenvalue weighted by molar-refractivity contribution is 7.89. The van der Waals surface area contributed by atoms with E-state index in [0.29, 0.717) is 29.4 Å². The fourth-order valence-electron chi connectivity index (χ4n) is 2.29. The average molecular weight is 389 g/mol. The average Bonchev–Trinajstić information content (AvgIpc) is 3.00. The Labute approximate surface area is 155 Å². The summed E-state index contributed by atoms with van der Waals surface area (Å²) in [6, 6.07) is 11.3. The van der Waals surface area contributed by atoms with Crippen molar-refractivity contribution < 1.29 is 17.6 Å². The number of hydrazone groups is 1. The topological polar surface area (TPSA) is 114 Å². The quantitative estimate of drug-likeness (QED) is 0.476. The molecule has 0 saturated carbocycles. The van der Waals surface area contributed by atoms with Crippen LogP contribution in [-0.4, -0.2) is 26.2 Å². The number of aromatic nitrogens is 1. The highest BCUT2D eigenvalue weighted by Gasteiger charge is 2.15. The molecule has 0 atom stereocenters. The van der Waals surface area contributed by atoms with Gasteiger partial charge in [0.2, 0.25) is 0 Å². The minimum atomic E-state index is -3.92. The molecule has 142 valence electrons. The highest BCUT2D eigenvalue weighted by atomic mass is 32.2. The molecular weight excluding hydrogens is 370 g/mol. The molecule has 0 unspecified atom stereocenters. The molecule has 9 heteroatoms. The van der Waals surface area contributed by atoms with Crippen molar-refractivity contribution >= 4 is 27.3 Å². The second-order valence-corrected chi connectivity index (χ2v) is 7.93. The van der Waals surface area contributed by atoms with Gasteiger partial charge in [0.15, 0.2) is 5.58 Å². The number of H-pyrrole nitrogens is 1. The molecule has 8 nitrogen and oxygen atoms in total. The Hall–Kier alpha value is -3.07. The van der Waals surface area contributed by atoms with E-state index >= 15 is 0 Å². The van der Waals surface area contributed by atoms with E-state index < -0.39 is 15.8 Å². The second-order valence-electron chi connectivity index (χ2n) is 6.27. The number of fused-ring (bicyclic) bond motifs is 1. The molecule has 0 amide bonds. The lowest BCUT2D eigenvalue weighted by Gasteiger charge is -2.10. The third kappa shape index (κ3) is 4.56. The van der Waals surface area contributed by atoms with Crippen LogP contribution in [0.2, 0.25) is 0 Å². The zero-order chi connectivity index (χ0) is 19.4. The van der Waals surface area contributed by atoms with Crippen LogP contribution in [-0.2, 0) is 10.0 Å². The van der Waals surface area contributed by atoms with Crippen molar-refractivity contribution in [2.24, 2.45) is 11.0 Å². The van der Waals surface area contributed by atoms with Gasteiger partial charge < -0.3 is 9.15 Å². The molecule has 0 bridgehead atoms. The number of nitrogens with one attached hydrogen (secondary N) is 2. The molecule has 27 heavy (non-hydrogen) atoms. The van der Waals surface area contributed by atoms with Crippen molar-refractivity contribution in [3.05, 3.63) is 58.6 Å². The summed E-state index contributed by atoms with van der Waals surface area (Å²) in [4.78, 5) is 15.7. The monoisotopic (exact) mass is 389 g/mol. The van der Waals surface area contributed by atoms with Crippen molar-refractivity contribution in [1.82, 2.24) is 9.82 Å². The molecule has 0 radical (unpaired) electrons. The molecular formula is C18H19N3O5S. The zero-order valence-corrected chi connectivity index (χ0v) is 15.6. The first-order valence-electron chi connectivity index (χ1n) is 8.25. The number of benzene rings is 2. The number of hydrogen-bond acceptors (Lipinski definition) is 6. The lowest BCUT2D eigenvalue weighted by atomic mass is 10.2. The maximum absolute atomic E-state index is 12.4. The van der Waals surface area contributed by atoms with Crippen LogP contribution in [0.1, 0.15) is 19.4 Å². The van der Waals surface area contributed by atoms with E-state index in [1.807, 2.05) is 19.9 Å². The predicted octanol–water partition coefficient (Wildman–Crippen LogP) is 2.47. The summed E-state index contributed by atoms with van der Waals surface area (Å²) in [5, 5.41) is 3.82. The van der Waals surface area contributed by atoms with Crippen molar-refractivity contribution in [3.63, 3.8) is 0 Å². The molecule has 2 aromatic carbocycles. The molecule has 0 aliphatic carbocycles. The number of ether oxygens (including phenoxy) is 1. The number of aromatic amines is 1. The first-order valence-corrected chi connectivity index (χ1v) is 9.73. The van der Waals surface area contributed by atoms with E-state index in [1.165, 1.54) is 24.4 Å². The lowest BCUT2D eigenvalue weighted by Crippen LogP contribution is -2.18. The summed E-state index contributed by atoms with van der Waals surface area (Å²) in [5.41, 5.74) is 1.21. The summed E-state index contributed by atoms with van der Waals surface area (Å²) in [5.74, 6) is 0.324. The first-order chi connectivity index (χ1) is 12.8. The van der Waals surface area contributed by atoms with Crippen molar-refractivity contribution in [1.29, 1.82) is 0 Å². The van der Waals surface area contributed by atoms with Crippen LogP contribution in [0.25, 0.3) is 11.1 Å². The normalized spacial score (nSPS) is 12.1. The van der Waals surface area contributed by atoms with E-state index in [-0.39, 0.29) is 10.5 Å². The van der Waals surface area contributed by atoms with Crippen LogP contribution in [0.5, 0.6) is 5.75 Å². The fraction of sp³-hybridized carbons (Fsp3) is 0.222. The predicted molar refractivity (Wildman–Crippen MR) is 102 cm³/mol. The Kier molecular flexibility index (Phi) is 5.31. The number of nitrogens with zero attached hydrogens (tertiary/aromatic N) is 1. The van der Waals surface area contributed by atoms with Crippen molar-refractivity contribution in [3.8, 4) is 5.75 Å². The number of rotatable bonds is 7. The molecule has 2 N–H and O–H groups in total. The largest absolute Gasteiger partial charge is 0.493 e. The van der Waals surface area contributed by atoms with Crippen molar-refractivity contribution in [2.45, 2.75) is 18.7 Å². The summed E-state index contributed by atoms with van der Waals surface area (Å²) in [6.07, 6.45) is 1.38. The van der Waals surface area contributed by atoms with Gasteiger partial charge in [0.1, 0.15) is 5.75 Å². The van der Waals surface area contributed by atoms with E-state index in [0.717, 1.165) is 0 Å². The van der Waals surface area contributed by atoms with Gasteiger partial charge in [0.25, 0.3) is 10.0 Å². The third-order valence-electron chi connectivity index (χ3n) is 3.57. The summed E-state index contributed by atoms with van der Waals surface area (Å²) >= 11 is 0. The smallest absolute Gasteiger partial charge is 0.417 e.